The predicted octanol–water partition coefficient (Wildman–Crippen LogP) is 5.37. The van der Waals surface area contributed by atoms with Crippen LogP contribution in [0.5, 0.6) is 0 Å². The molecule has 2 aromatic carbocycles. The summed E-state index contributed by atoms with van der Waals surface area (Å²) >= 11 is 0. The Morgan fingerprint density at radius 3 is 2.45 bits per heavy atom. The molecule has 6 rings (SSSR count). The molecule has 212 valence electrons. The van der Waals surface area contributed by atoms with E-state index in [1.54, 1.807) is 43.7 Å². The first kappa shape index (κ1) is 27.2. The van der Waals surface area contributed by atoms with Crippen LogP contribution in [0.4, 0.5) is 16.0 Å². The van der Waals surface area contributed by atoms with Gasteiger partial charge in [0.05, 0.1) is 35.7 Å². The number of para-hydroxylation sites is 1. The van der Waals surface area contributed by atoms with Crippen molar-refractivity contribution in [3.05, 3.63) is 109 Å². The molecule has 0 saturated carbocycles. The number of H-pyrrole nitrogens is 1. The van der Waals surface area contributed by atoms with Crippen molar-refractivity contribution < 1.29 is 18.7 Å². The fourth-order valence-electron chi connectivity index (χ4n) is 4.47. The number of ether oxygens (including phenoxy) is 2. The van der Waals surface area contributed by atoms with Crippen molar-refractivity contribution >= 4 is 17.5 Å². The number of benzene rings is 2. The Bertz CT molecular complexity index is 1660. The maximum absolute atomic E-state index is 13.7. The fraction of sp³-hybridized carbons (Fsp3) is 0.194. The largest absolute Gasteiger partial charge is 0.350 e. The molecule has 3 N–H and O–H groups in total. The first-order valence-corrected chi connectivity index (χ1v) is 13.4. The molecule has 11 heteroatoms. The fourth-order valence-corrected chi connectivity index (χ4v) is 4.47. The summed E-state index contributed by atoms with van der Waals surface area (Å²) in [6, 6.07) is 20.9. The normalized spacial score (nSPS) is 18.4. The minimum Gasteiger partial charge on any atom is -0.350 e. The monoisotopic (exact) mass is 565 g/mol. The number of amides is 1. The van der Waals surface area contributed by atoms with Crippen LogP contribution in [0.3, 0.4) is 0 Å². The number of aromatic nitrogens is 5. The number of carbonyl (C=O) groups excluding carboxylic acids is 1. The molecule has 0 atom stereocenters. The number of nitrogens with zero attached hydrogens (tertiary/aromatic N) is 4. The molecule has 0 aliphatic carbocycles. The third-order valence-electron chi connectivity index (χ3n) is 6.86. The predicted molar refractivity (Wildman–Crippen MR) is 154 cm³/mol. The van der Waals surface area contributed by atoms with E-state index < -0.39 is 11.7 Å². The van der Waals surface area contributed by atoms with Crippen LogP contribution in [0.2, 0.25) is 0 Å². The van der Waals surface area contributed by atoms with Gasteiger partial charge in [-0.1, -0.05) is 18.2 Å². The molecular formula is C31H28FN7O3. The highest BCUT2D eigenvalue weighted by atomic mass is 19.1. The highest BCUT2D eigenvalue weighted by Gasteiger charge is 2.41. The average molecular weight is 566 g/mol. The Hall–Kier alpha value is -5.00. The SMILES string of the molecule is CC1(C(=O)Nc2ccccc2)COC(c2nc(-c3ccc(F)cc3)c(-c3ccnc(NCc4ccncc4)n3)[nH]2)OC1. The van der Waals surface area contributed by atoms with Crippen LogP contribution in [-0.2, 0) is 20.8 Å². The van der Waals surface area contributed by atoms with E-state index in [1.165, 1.54) is 12.1 Å². The molecule has 1 aliphatic heterocycles. The van der Waals surface area contributed by atoms with Gasteiger partial charge in [-0.3, -0.25) is 9.78 Å². The molecule has 4 heterocycles. The van der Waals surface area contributed by atoms with Gasteiger partial charge < -0.3 is 25.1 Å². The van der Waals surface area contributed by atoms with E-state index in [0.29, 0.717) is 46.7 Å². The van der Waals surface area contributed by atoms with E-state index in [2.05, 4.69) is 30.6 Å². The molecule has 0 unspecified atom stereocenters. The Labute approximate surface area is 241 Å². The Balaban J connectivity index is 1.24. The van der Waals surface area contributed by atoms with Crippen molar-refractivity contribution in [1.29, 1.82) is 0 Å². The number of pyridine rings is 1. The lowest BCUT2D eigenvalue weighted by Gasteiger charge is -2.35. The van der Waals surface area contributed by atoms with Crippen molar-refractivity contribution in [3.63, 3.8) is 0 Å². The van der Waals surface area contributed by atoms with Crippen molar-refractivity contribution in [3.8, 4) is 22.6 Å². The first-order valence-electron chi connectivity index (χ1n) is 13.4. The third-order valence-corrected chi connectivity index (χ3v) is 6.86. The zero-order valence-electron chi connectivity index (χ0n) is 22.8. The number of rotatable bonds is 8. The minimum absolute atomic E-state index is 0.120. The Morgan fingerprint density at radius 1 is 0.976 bits per heavy atom. The zero-order valence-corrected chi connectivity index (χ0v) is 22.8. The number of aromatic amines is 1. The van der Waals surface area contributed by atoms with Crippen molar-refractivity contribution in [2.75, 3.05) is 23.8 Å². The number of carbonyl (C=O) groups is 1. The van der Waals surface area contributed by atoms with Crippen LogP contribution in [-0.4, -0.2) is 44.0 Å². The second-order valence-corrected chi connectivity index (χ2v) is 10.2. The molecule has 5 aromatic rings. The number of imidazole rings is 1. The van der Waals surface area contributed by atoms with Gasteiger partial charge in [0.2, 0.25) is 18.1 Å². The van der Waals surface area contributed by atoms with Crippen LogP contribution in [0.15, 0.2) is 91.4 Å². The summed E-state index contributed by atoms with van der Waals surface area (Å²) in [7, 11) is 0. The lowest BCUT2D eigenvalue weighted by atomic mass is 9.91. The molecule has 3 aromatic heterocycles. The summed E-state index contributed by atoms with van der Waals surface area (Å²) < 4.78 is 25.8. The third kappa shape index (κ3) is 6.02. The zero-order chi connectivity index (χ0) is 28.9. The van der Waals surface area contributed by atoms with E-state index >= 15 is 0 Å². The summed E-state index contributed by atoms with van der Waals surface area (Å²) in [6.07, 6.45) is 4.25. The van der Waals surface area contributed by atoms with Gasteiger partial charge in [0.1, 0.15) is 5.82 Å². The van der Waals surface area contributed by atoms with Gasteiger partial charge in [-0.25, -0.2) is 19.3 Å². The smallest absolute Gasteiger partial charge is 0.234 e. The molecule has 1 aliphatic rings. The van der Waals surface area contributed by atoms with E-state index in [1.807, 2.05) is 42.5 Å². The highest BCUT2D eigenvalue weighted by Crippen LogP contribution is 2.36. The second-order valence-electron chi connectivity index (χ2n) is 10.2. The van der Waals surface area contributed by atoms with Gasteiger partial charge in [0.15, 0.2) is 5.82 Å². The molecule has 1 saturated heterocycles. The van der Waals surface area contributed by atoms with Crippen molar-refractivity contribution in [2.24, 2.45) is 5.41 Å². The number of halogens is 1. The molecular weight excluding hydrogens is 537 g/mol. The average Bonchev–Trinajstić information content (AvgIpc) is 3.47. The Morgan fingerprint density at radius 2 is 1.71 bits per heavy atom. The maximum atomic E-state index is 13.7. The summed E-state index contributed by atoms with van der Waals surface area (Å²) in [6.45, 7) is 2.55. The maximum Gasteiger partial charge on any atom is 0.234 e. The number of hydrogen-bond donors (Lipinski definition) is 3. The van der Waals surface area contributed by atoms with Crippen LogP contribution >= 0.6 is 0 Å². The minimum atomic E-state index is -0.899. The van der Waals surface area contributed by atoms with E-state index in [9.17, 15) is 9.18 Å². The van der Waals surface area contributed by atoms with E-state index in [4.69, 9.17) is 14.5 Å². The van der Waals surface area contributed by atoms with Crippen LogP contribution in [0.25, 0.3) is 22.6 Å². The first-order chi connectivity index (χ1) is 20.5. The van der Waals surface area contributed by atoms with Gasteiger partial charge in [-0.15, -0.1) is 0 Å². The second kappa shape index (κ2) is 11.9. The van der Waals surface area contributed by atoms with Gasteiger partial charge in [-0.05, 0) is 67.1 Å². The number of nitrogens with one attached hydrogen (secondary N) is 3. The molecule has 0 bridgehead atoms. The topological polar surface area (TPSA) is 127 Å². The van der Waals surface area contributed by atoms with Crippen LogP contribution < -0.4 is 10.6 Å². The summed E-state index contributed by atoms with van der Waals surface area (Å²) in [5.74, 6) is 0.274. The van der Waals surface area contributed by atoms with Gasteiger partial charge in [0, 0.05) is 36.4 Å². The molecule has 1 amide bonds. The number of hydrogen-bond acceptors (Lipinski definition) is 8. The summed E-state index contributed by atoms with van der Waals surface area (Å²) in [4.78, 5) is 34.2. The lowest BCUT2D eigenvalue weighted by Crippen LogP contribution is -2.45. The van der Waals surface area contributed by atoms with Crippen molar-refractivity contribution in [1.82, 2.24) is 24.9 Å². The van der Waals surface area contributed by atoms with Crippen molar-refractivity contribution in [2.45, 2.75) is 19.8 Å². The lowest BCUT2D eigenvalue weighted by molar-refractivity contribution is -0.229. The quantitative estimate of drug-likeness (QED) is 0.229. The summed E-state index contributed by atoms with van der Waals surface area (Å²) in [5.41, 5.74) is 3.23. The standard InChI is InChI=1S/C31H28FN7O3/c1-31(29(40)36-23-5-3-2-4-6-23)18-41-28(42-19-31)27-38-25(21-7-9-22(32)10-8-21)26(39-27)24-13-16-34-30(37-24)35-17-20-11-14-33-15-12-20/h2-16,28H,17-19H2,1H3,(H,36,40)(H,38,39)(H,34,35,37). The molecule has 42 heavy (non-hydrogen) atoms. The Kier molecular flexibility index (Phi) is 7.67. The molecule has 10 nitrogen and oxygen atoms in total. The van der Waals surface area contributed by atoms with Gasteiger partial charge in [-0.2, -0.15) is 0 Å². The summed E-state index contributed by atoms with van der Waals surface area (Å²) in [5, 5.41) is 6.14. The van der Waals surface area contributed by atoms with Crippen LogP contribution in [0.1, 0.15) is 24.6 Å². The van der Waals surface area contributed by atoms with Gasteiger partial charge >= 0.3 is 0 Å². The molecule has 1 fully saturated rings. The van der Waals surface area contributed by atoms with E-state index in [-0.39, 0.29) is 24.9 Å². The van der Waals surface area contributed by atoms with Crippen LogP contribution in [0, 0.1) is 11.2 Å². The van der Waals surface area contributed by atoms with E-state index in [0.717, 1.165) is 5.56 Å². The molecule has 0 spiro atoms. The van der Waals surface area contributed by atoms with Gasteiger partial charge in [0.25, 0.3) is 0 Å². The highest BCUT2D eigenvalue weighted by molar-refractivity contribution is 5.95. The molecule has 0 radical (unpaired) electrons. The number of anilines is 2.